The third-order valence-electron chi connectivity index (χ3n) is 4.66. The Morgan fingerprint density at radius 3 is 1.84 bits per heavy atom. The second-order valence-electron chi connectivity index (χ2n) is 6.99. The molecule has 170 valence electrons. The summed E-state index contributed by atoms with van der Waals surface area (Å²) in [6, 6.07) is 9.72. The van der Waals surface area contributed by atoms with E-state index in [4.69, 9.17) is 10.2 Å². The number of carboxylic acids is 4. The van der Waals surface area contributed by atoms with Crippen molar-refractivity contribution in [3.63, 3.8) is 0 Å². The maximum atomic E-state index is 13.2. The summed E-state index contributed by atoms with van der Waals surface area (Å²) in [6.07, 6.45) is 0. The van der Waals surface area contributed by atoms with E-state index in [2.05, 4.69) is 0 Å². The number of carbonyl (C=O) groups excluding carboxylic acids is 1. The number of hydrogen-bond acceptors (Lipinski definition) is 7. The summed E-state index contributed by atoms with van der Waals surface area (Å²) >= 11 is 0. The molecule has 1 unspecified atom stereocenters. The average molecular weight is 446 g/mol. The third kappa shape index (κ3) is 6.59. The standard InChI is InChI=1S/C21H22N2O9/c24-16(25)10-22(11-17(26)27)8-9-23(12-18(28)29)19(21(31)32)20(30)15-7-3-5-13-4-1-2-6-14(13)15/h1-7,19H,8-12H2,(H,24,25)(H,26,27)(H,28,29)(H,31,32). The van der Waals surface area contributed by atoms with Gasteiger partial charge in [0.2, 0.25) is 0 Å². The zero-order valence-electron chi connectivity index (χ0n) is 16.9. The van der Waals surface area contributed by atoms with Crippen molar-refractivity contribution in [3.05, 3.63) is 48.0 Å². The lowest BCUT2D eigenvalue weighted by molar-refractivity contribution is -0.147. The quantitative estimate of drug-likeness (QED) is 0.247. The van der Waals surface area contributed by atoms with Crippen molar-refractivity contribution in [2.45, 2.75) is 6.04 Å². The summed E-state index contributed by atoms with van der Waals surface area (Å²) in [5.41, 5.74) is 0.0961. The molecule has 2 rings (SSSR count). The number of fused-ring (bicyclic) bond motifs is 1. The molecule has 32 heavy (non-hydrogen) atoms. The Bertz CT molecular complexity index is 1020. The highest BCUT2D eigenvalue weighted by molar-refractivity contribution is 6.17. The molecule has 0 spiro atoms. The molecule has 0 radical (unpaired) electrons. The van der Waals surface area contributed by atoms with E-state index in [1.54, 1.807) is 36.4 Å². The molecule has 2 aromatic rings. The predicted octanol–water partition coefficient (Wildman–Crippen LogP) is 0.334. The summed E-state index contributed by atoms with van der Waals surface area (Å²) in [6.45, 7) is -2.76. The molecular formula is C21H22N2O9. The van der Waals surface area contributed by atoms with Crippen LogP contribution in [0, 0.1) is 0 Å². The lowest BCUT2D eigenvalue weighted by atomic mass is 9.96. The van der Waals surface area contributed by atoms with Crippen LogP contribution in [0.4, 0.5) is 0 Å². The van der Waals surface area contributed by atoms with Crippen LogP contribution in [0.1, 0.15) is 10.4 Å². The summed E-state index contributed by atoms with van der Waals surface area (Å²) in [5, 5.41) is 38.1. The van der Waals surface area contributed by atoms with Gasteiger partial charge in [-0.3, -0.25) is 33.8 Å². The van der Waals surface area contributed by atoms with Crippen molar-refractivity contribution >= 4 is 40.4 Å². The van der Waals surface area contributed by atoms with Gasteiger partial charge in [0.05, 0.1) is 19.6 Å². The van der Waals surface area contributed by atoms with Crippen LogP contribution >= 0.6 is 0 Å². The van der Waals surface area contributed by atoms with E-state index in [0.29, 0.717) is 10.8 Å². The van der Waals surface area contributed by atoms with Crippen LogP contribution in [-0.4, -0.2) is 98.7 Å². The van der Waals surface area contributed by atoms with E-state index in [-0.39, 0.29) is 18.7 Å². The Kier molecular flexibility index (Phi) is 8.38. The van der Waals surface area contributed by atoms with Gasteiger partial charge in [0.25, 0.3) is 0 Å². The van der Waals surface area contributed by atoms with Crippen molar-refractivity contribution in [3.8, 4) is 0 Å². The number of carbonyl (C=O) groups is 5. The zero-order valence-corrected chi connectivity index (χ0v) is 16.9. The van der Waals surface area contributed by atoms with E-state index in [1.807, 2.05) is 0 Å². The molecule has 0 aliphatic rings. The van der Waals surface area contributed by atoms with Gasteiger partial charge in [-0.05, 0) is 10.8 Å². The van der Waals surface area contributed by atoms with E-state index in [9.17, 15) is 34.2 Å². The van der Waals surface area contributed by atoms with Crippen molar-refractivity contribution in [1.29, 1.82) is 0 Å². The molecule has 0 saturated heterocycles. The predicted molar refractivity (Wildman–Crippen MR) is 111 cm³/mol. The van der Waals surface area contributed by atoms with Crippen LogP contribution in [-0.2, 0) is 19.2 Å². The Morgan fingerprint density at radius 2 is 1.28 bits per heavy atom. The highest BCUT2D eigenvalue weighted by atomic mass is 16.4. The van der Waals surface area contributed by atoms with E-state index >= 15 is 0 Å². The Balaban J connectivity index is 2.37. The summed E-state index contributed by atoms with van der Waals surface area (Å²) in [5.74, 6) is -6.42. The van der Waals surface area contributed by atoms with Gasteiger partial charge < -0.3 is 20.4 Å². The molecule has 0 saturated carbocycles. The first-order valence-electron chi connectivity index (χ1n) is 9.46. The van der Waals surface area contributed by atoms with Crippen LogP contribution < -0.4 is 0 Å². The molecule has 0 fully saturated rings. The molecule has 0 heterocycles. The van der Waals surface area contributed by atoms with Crippen molar-refractivity contribution < 1.29 is 44.4 Å². The molecule has 1 atom stereocenters. The van der Waals surface area contributed by atoms with Crippen molar-refractivity contribution in [2.24, 2.45) is 0 Å². The Hall–Kier alpha value is -3.83. The first-order chi connectivity index (χ1) is 15.1. The fourth-order valence-electron chi connectivity index (χ4n) is 3.36. The van der Waals surface area contributed by atoms with Gasteiger partial charge in [-0.25, -0.2) is 0 Å². The molecule has 0 aliphatic carbocycles. The Morgan fingerprint density at radius 1 is 0.719 bits per heavy atom. The number of benzene rings is 2. The van der Waals surface area contributed by atoms with E-state index in [0.717, 1.165) is 9.80 Å². The van der Waals surface area contributed by atoms with E-state index < -0.39 is 55.3 Å². The maximum absolute atomic E-state index is 13.2. The number of ketones is 1. The summed E-state index contributed by atoms with van der Waals surface area (Å²) in [4.78, 5) is 60.4. The second kappa shape index (κ2) is 11.0. The smallest absolute Gasteiger partial charge is 0.329 e. The van der Waals surface area contributed by atoms with Gasteiger partial charge in [0.15, 0.2) is 11.8 Å². The van der Waals surface area contributed by atoms with Crippen LogP contribution in [0.3, 0.4) is 0 Å². The fraction of sp³-hybridized carbons (Fsp3) is 0.286. The molecule has 0 bridgehead atoms. The average Bonchev–Trinajstić information content (AvgIpc) is 2.69. The minimum atomic E-state index is -1.87. The van der Waals surface area contributed by atoms with E-state index in [1.165, 1.54) is 6.07 Å². The van der Waals surface area contributed by atoms with Crippen LogP contribution in [0.15, 0.2) is 42.5 Å². The molecule has 2 aromatic carbocycles. The van der Waals surface area contributed by atoms with Crippen LogP contribution in [0.25, 0.3) is 10.8 Å². The normalized spacial score (nSPS) is 12.1. The highest BCUT2D eigenvalue weighted by Gasteiger charge is 2.35. The first-order valence-corrected chi connectivity index (χ1v) is 9.46. The molecule has 0 aromatic heterocycles. The fourth-order valence-corrected chi connectivity index (χ4v) is 3.36. The largest absolute Gasteiger partial charge is 0.480 e. The third-order valence-corrected chi connectivity index (χ3v) is 4.66. The molecule has 11 nitrogen and oxygen atoms in total. The maximum Gasteiger partial charge on any atom is 0.329 e. The zero-order chi connectivity index (χ0) is 23.8. The number of aliphatic carboxylic acids is 4. The van der Waals surface area contributed by atoms with Gasteiger partial charge in [0, 0.05) is 18.7 Å². The molecular weight excluding hydrogens is 424 g/mol. The van der Waals surface area contributed by atoms with Gasteiger partial charge in [0.1, 0.15) is 0 Å². The second-order valence-corrected chi connectivity index (χ2v) is 6.99. The minimum absolute atomic E-state index is 0.0961. The van der Waals surface area contributed by atoms with Gasteiger partial charge in [-0.15, -0.1) is 0 Å². The van der Waals surface area contributed by atoms with Crippen molar-refractivity contribution in [2.75, 3.05) is 32.7 Å². The topological polar surface area (TPSA) is 173 Å². The number of carboxylic acid groups (broad SMARTS) is 4. The number of nitrogens with zero attached hydrogens (tertiary/aromatic N) is 2. The van der Waals surface area contributed by atoms with Gasteiger partial charge in [-0.1, -0.05) is 42.5 Å². The lowest BCUT2D eigenvalue weighted by Crippen LogP contribution is -2.52. The number of rotatable bonds is 13. The summed E-state index contributed by atoms with van der Waals surface area (Å²) < 4.78 is 0. The van der Waals surface area contributed by atoms with Crippen LogP contribution in [0.2, 0.25) is 0 Å². The van der Waals surface area contributed by atoms with Crippen LogP contribution in [0.5, 0.6) is 0 Å². The molecule has 0 aliphatic heterocycles. The lowest BCUT2D eigenvalue weighted by Gasteiger charge is -2.29. The molecule has 4 N–H and O–H groups in total. The molecule has 0 amide bonds. The number of Topliss-reactive ketones (excluding diaryl/α,β-unsaturated/α-hetero) is 1. The monoisotopic (exact) mass is 446 g/mol. The van der Waals surface area contributed by atoms with Gasteiger partial charge in [-0.2, -0.15) is 0 Å². The SMILES string of the molecule is O=C(O)CN(CCN(CC(=O)O)C(C(=O)O)C(=O)c1cccc2ccccc12)CC(=O)O. The van der Waals surface area contributed by atoms with Crippen molar-refractivity contribution in [1.82, 2.24) is 9.80 Å². The van der Waals surface area contributed by atoms with Gasteiger partial charge >= 0.3 is 23.9 Å². The Labute approximate surface area is 182 Å². The number of hydrogen-bond donors (Lipinski definition) is 4. The molecule has 11 heteroatoms. The summed E-state index contributed by atoms with van der Waals surface area (Å²) in [7, 11) is 0. The first kappa shape index (κ1) is 24.4. The highest BCUT2D eigenvalue weighted by Crippen LogP contribution is 2.21. The minimum Gasteiger partial charge on any atom is -0.480 e.